The summed E-state index contributed by atoms with van der Waals surface area (Å²) in [4.78, 5) is 37.7. The number of alkyl halides is 3. The lowest BCUT2D eigenvalue weighted by atomic mass is 9.99. The van der Waals surface area contributed by atoms with Crippen LogP contribution in [0, 0.1) is 0 Å². The molecule has 3 saturated heterocycles. The lowest BCUT2D eigenvalue weighted by Gasteiger charge is -2.42. The lowest BCUT2D eigenvalue weighted by Crippen LogP contribution is -2.57. The first-order valence-electron chi connectivity index (χ1n) is 54.8. The number of aromatic nitrogens is 4. The number of ether oxygens (including phenoxy) is 12. The Labute approximate surface area is 906 Å². The maximum absolute atomic E-state index is 13.5. The molecule has 2 aromatic rings. The SMILES string of the molecule is CC(C)(C)OCCCc1ncccn1.CC(C)(C)OCCc1ncccn1.CC1(F)CCN(CCCOC(C)(C)C)C1.CC1(F)CN(CCCOC(C)(C)C)C1.CC1(F)CN(CCOC(C)(C)C)C1.CCN(C)CC(O)COC(C)(C)C.CCN(C)CCCOC(C)(C)C.CCN(C)CCOC(C)(C)C.CN(C)CC(O)COC(C)(C)C.CN(C)CCCOC(C)(C)C.CN(C)CCOC(C)(C)C.CN(C)COC(C)(C)C. The highest BCUT2D eigenvalue weighted by atomic mass is 19.2. The van der Waals surface area contributed by atoms with Gasteiger partial charge in [-0.25, -0.2) is 33.1 Å². The molecular formula is C116H245F3N14O14. The first kappa shape index (κ1) is 157. The summed E-state index contributed by atoms with van der Waals surface area (Å²) >= 11 is 0. The van der Waals surface area contributed by atoms with E-state index >= 15 is 0 Å². The van der Waals surface area contributed by atoms with Crippen LogP contribution in [0.15, 0.2) is 36.9 Å². The minimum atomic E-state index is -0.967. The number of aliphatic hydroxyl groups is 2. The van der Waals surface area contributed by atoms with Crippen molar-refractivity contribution >= 4 is 0 Å². The van der Waals surface area contributed by atoms with Crippen LogP contribution >= 0.6 is 0 Å². The fourth-order valence-corrected chi connectivity index (χ4v) is 11.9. The Morgan fingerprint density at radius 1 is 0.293 bits per heavy atom. The van der Waals surface area contributed by atoms with E-state index in [-0.39, 0.29) is 79.4 Å². The molecule has 31 heteroatoms. The normalized spacial score (nSPS) is 16.3. The molecule has 3 fully saturated rings. The number of hydrogen-bond acceptors (Lipinski definition) is 28. The summed E-state index contributed by atoms with van der Waals surface area (Å²) in [7, 11) is 22.3. The molecule has 3 aliphatic heterocycles. The largest absolute Gasteiger partial charge is 0.389 e. The zero-order valence-corrected chi connectivity index (χ0v) is 106. The van der Waals surface area contributed by atoms with E-state index < -0.39 is 17.0 Å². The molecule has 0 saturated carbocycles. The Morgan fingerprint density at radius 2 is 0.571 bits per heavy atom. The standard InChI is InChI=1S/C12H24FNO.C11H22FNO.C11H18N2O.C10H20FNO.C10H16N2O.C10H23NO2.C10H23NO.C9H21NO2.2C9H21NO.C8H19NO.C7H17NO/c1-11(2,3)15-9-5-7-14-8-6-12(4,13)10-14;1-10(2,3)14-7-5-6-13-8-11(4,12)9-13;1-11(2,3)14-9-4-6-10-12-7-5-8-13-10;1-9(2,3)13-6-5-12-7-10(4,11)8-12;1-10(2,3)13-8-5-9-11-6-4-7-12-9;1-6-11(5)7-9(12)8-13-10(2,3)4;1-6-11(5)8-7-9-12-10(2,3)4;1-9(2,3)12-7-8(11)6-10(4)5;1-9(2,3)11-8-6-7-10(4)5;1-6-10(5)7-8-11-9(2,3)4;1-8(2,3)10-7-6-9(4)5;1-7(2,3)9-6-8(4)5/h5-10H2,1-4H3;5-9H2,1-4H3;5,7-8H,4,6,9H2,1-3H3;5-8H2,1-4H3;4,6-7H,5,8H2,1-3H3;9,12H,6-8H2,1-5H3;6-9H2,1-5H3;8,11H,6-7H2,1-5H3;2*6-8H2,1-5H3;6-7H2,1-5H3;6H2,1-5H3. The molecule has 28 nitrogen and oxygen atoms in total. The average Bonchev–Trinajstić information content (AvgIpc) is 1.32. The predicted octanol–water partition coefficient (Wildman–Crippen LogP) is 20.9. The predicted molar refractivity (Wildman–Crippen MR) is 616 cm³/mol. The van der Waals surface area contributed by atoms with Crippen molar-refractivity contribution in [2.75, 3.05) is 275 Å². The van der Waals surface area contributed by atoms with Gasteiger partial charge in [0.2, 0.25) is 0 Å². The maximum Gasteiger partial charge on any atom is 0.133 e. The van der Waals surface area contributed by atoms with E-state index in [2.05, 4.69) is 274 Å². The number of nitrogens with zero attached hydrogens (tertiary/aromatic N) is 14. The Balaban J connectivity index is -0.000000292. The quantitative estimate of drug-likeness (QED) is 0.0463. The fraction of sp³-hybridized carbons (Fsp3) is 0.931. The van der Waals surface area contributed by atoms with Crippen LogP contribution in [0.5, 0.6) is 0 Å². The van der Waals surface area contributed by atoms with Crippen LogP contribution in [0.4, 0.5) is 13.2 Å². The van der Waals surface area contributed by atoms with Gasteiger partial charge in [-0.3, -0.25) is 19.6 Å². The van der Waals surface area contributed by atoms with E-state index in [9.17, 15) is 23.4 Å². The van der Waals surface area contributed by atoms with Crippen molar-refractivity contribution in [3.05, 3.63) is 48.6 Å². The molecule has 147 heavy (non-hydrogen) atoms. The van der Waals surface area contributed by atoms with Crippen LogP contribution in [0.25, 0.3) is 0 Å². The highest BCUT2D eigenvalue weighted by Crippen LogP contribution is 2.27. The average molecular weight is 2120 g/mol. The Bertz CT molecular complexity index is 3250. The molecule has 0 amide bonds. The summed E-state index contributed by atoms with van der Waals surface area (Å²) in [6, 6.07) is 3.64. The molecule has 3 aliphatic rings. The summed E-state index contributed by atoms with van der Waals surface area (Å²) in [5.41, 5.74) is -3.44. The number of halogens is 3. The second kappa shape index (κ2) is 80.7. The number of rotatable bonds is 45. The highest BCUT2D eigenvalue weighted by Gasteiger charge is 2.40. The van der Waals surface area contributed by atoms with Crippen molar-refractivity contribution in [3.8, 4) is 0 Å². The van der Waals surface area contributed by atoms with Crippen LogP contribution in [-0.2, 0) is 69.7 Å². The van der Waals surface area contributed by atoms with E-state index in [1.165, 1.54) is 0 Å². The first-order valence-corrected chi connectivity index (χ1v) is 54.8. The third-order valence-corrected chi connectivity index (χ3v) is 19.6. The topological polar surface area (TPSA) is 235 Å². The van der Waals surface area contributed by atoms with Gasteiger partial charge in [0.05, 0.1) is 126 Å². The molecule has 3 unspecified atom stereocenters. The molecule has 2 aromatic heterocycles. The monoisotopic (exact) mass is 2120 g/mol. The highest BCUT2D eigenvalue weighted by molar-refractivity contribution is 4.94. The van der Waals surface area contributed by atoms with Gasteiger partial charge < -0.3 is 96.5 Å². The molecule has 0 radical (unpaired) electrons. The molecule has 5 rings (SSSR count). The maximum atomic E-state index is 13.5. The summed E-state index contributed by atoms with van der Waals surface area (Å²) in [5, 5.41) is 19.0. The minimum Gasteiger partial charge on any atom is -0.389 e. The van der Waals surface area contributed by atoms with Crippen molar-refractivity contribution in [2.24, 2.45) is 0 Å². The third kappa shape index (κ3) is 137. The number of aliphatic hydroxyl groups excluding tert-OH is 2. The molecule has 0 aliphatic carbocycles. The number of aryl methyl sites for hydroxylation is 1. The van der Waals surface area contributed by atoms with E-state index in [1.54, 1.807) is 45.6 Å². The molecule has 3 atom stereocenters. The van der Waals surface area contributed by atoms with E-state index in [0.717, 1.165) is 175 Å². The van der Waals surface area contributed by atoms with E-state index in [4.69, 9.17) is 56.8 Å². The number of likely N-dealkylation sites (N-methyl/N-ethyl adjacent to an activating group) is 4. The van der Waals surface area contributed by atoms with Gasteiger partial charge in [0, 0.05) is 162 Å². The summed E-state index contributed by atoms with van der Waals surface area (Å²) in [5.74, 6) is 1.73. The first-order chi connectivity index (χ1) is 66.3. The molecule has 5 heterocycles. The number of likely N-dealkylation sites (tertiary alicyclic amines) is 3. The Morgan fingerprint density at radius 3 is 0.878 bits per heavy atom. The van der Waals surface area contributed by atoms with Gasteiger partial charge in [-0.15, -0.1) is 0 Å². The van der Waals surface area contributed by atoms with Gasteiger partial charge in [-0.2, -0.15) is 0 Å². The fourth-order valence-electron chi connectivity index (χ4n) is 11.9. The minimum absolute atomic E-state index is 0.00851. The van der Waals surface area contributed by atoms with Gasteiger partial charge in [0.15, 0.2) is 0 Å². The summed E-state index contributed by atoms with van der Waals surface area (Å²) in [6.07, 6.45) is 13.8. The van der Waals surface area contributed by atoms with Crippen molar-refractivity contribution in [2.45, 2.75) is 439 Å². The van der Waals surface area contributed by atoms with Gasteiger partial charge in [0.25, 0.3) is 0 Å². The molecular weight excluding hydrogens is 1870 g/mol. The molecule has 2 N–H and O–H groups in total. The summed E-state index contributed by atoms with van der Waals surface area (Å²) < 4.78 is 106. The Hall–Kier alpha value is -3.01. The van der Waals surface area contributed by atoms with Crippen LogP contribution in [0.1, 0.15) is 341 Å². The zero-order valence-electron chi connectivity index (χ0n) is 106. The number of hydrogen-bond donors (Lipinski definition) is 2. The van der Waals surface area contributed by atoms with Gasteiger partial charge in [0.1, 0.15) is 28.7 Å². The Kier molecular flexibility index (Phi) is 86.1. The molecule has 0 spiro atoms. The van der Waals surface area contributed by atoms with Crippen molar-refractivity contribution in [1.29, 1.82) is 0 Å². The van der Waals surface area contributed by atoms with E-state index in [0.29, 0.717) is 85.4 Å². The molecule has 884 valence electrons. The smallest absolute Gasteiger partial charge is 0.133 e. The summed E-state index contributed by atoms with van der Waals surface area (Å²) in [6.45, 7) is 109. The molecule has 0 aromatic carbocycles. The van der Waals surface area contributed by atoms with Crippen LogP contribution in [0.3, 0.4) is 0 Å². The van der Waals surface area contributed by atoms with Crippen molar-refractivity contribution in [1.82, 2.24) is 68.9 Å². The zero-order chi connectivity index (χ0) is 116. The lowest BCUT2D eigenvalue weighted by molar-refractivity contribution is -0.0581. The second-order valence-corrected chi connectivity index (χ2v) is 52.6. The van der Waals surface area contributed by atoms with Gasteiger partial charge in [-0.1, -0.05) is 20.8 Å². The van der Waals surface area contributed by atoms with Gasteiger partial charge >= 0.3 is 0 Å². The van der Waals surface area contributed by atoms with E-state index in [1.807, 2.05) is 154 Å². The van der Waals surface area contributed by atoms with Crippen LogP contribution < -0.4 is 0 Å². The van der Waals surface area contributed by atoms with Crippen LogP contribution in [-0.4, -0.2) is 450 Å². The van der Waals surface area contributed by atoms with Gasteiger partial charge in [-0.05, 0) is 424 Å². The second-order valence-electron chi connectivity index (χ2n) is 52.6. The van der Waals surface area contributed by atoms with Crippen molar-refractivity contribution in [3.63, 3.8) is 0 Å². The van der Waals surface area contributed by atoms with Crippen molar-refractivity contribution < 1.29 is 80.2 Å². The molecule has 0 bridgehead atoms. The van der Waals surface area contributed by atoms with Crippen LogP contribution in [0.2, 0.25) is 0 Å². The third-order valence-electron chi connectivity index (χ3n) is 19.6.